The summed E-state index contributed by atoms with van der Waals surface area (Å²) in [6, 6.07) is 6.63. The van der Waals surface area contributed by atoms with Gasteiger partial charge in [0.25, 0.3) is 0 Å². The molecule has 9 rings (SSSR count). The molecule has 8 aliphatic rings. The van der Waals surface area contributed by atoms with Gasteiger partial charge in [0.05, 0.1) is 0 Å². The van der Waals surface area contributed by atoms with E-state index in [1.165, 1.54) is 69.8 Å². The second-order valence-corrected chi connectivity index (χ2v) is 11.7. The molecular formula is C26H34O. The first-order valence-electron chi connectivity index (χ1n) is 12.0. The highest BCUT2D eigenvalue weighted by Gasteiger charge is 2.53. The molecule has 8 fully saturated rings. The number of phenolic OH excluding ortho intramolecular Hbond substituents is 1. The second-order valence-electron chi connectivity index (χ2n) is 11.7. The minimum absolute atomic E-state index is 0.652. The van der Waals surface area contributed by atoms with Gasteiger partial charge in [-0.2, -0.15) is 0 Å². The Kier molecular flexibility index (Phi) is 3.26. The SMILES string of the molecule is Oc1cccc(C2C3CC4CC(C3)CC2C4)c1C1C2CC3CC(C2)CC1C3. The van der Waals surface area contributed by atoms with Gasteiger partial charge in [-0.15, -0.1) is 0 Å². The molecule has 1 nitrogen and oxygen atoms in total. The fourth-order valence-corrected chi connectivity index (χ4v) is 10.1. The zero-order valence-electron chi connectivity index (χ0n) is 16.5. The fourth-order valence-electron chi connectivity index (χ4n) is 10.1. The van der Waals surface area contributed by atoms with Crippen LogP contribution in [0.25, 0.3) is 0 Å². The van der Waals surface area contributed by atoms with Crippen LogP contribution in [0.1, 0.15) is 87.2 Å². The van der Waals surface area contributed by atoms with E-state index in [0.29, 0.717) is 11.7 Å². The Morgan fingerprint density at radius 2 is 1.00 bits per heavy atom. The van der Waals surface area contributed by atoms with Gasteiger partial charge in [-0.3, -0.25) is 0 Å². The van der Waals surface area contributed by atoms with Crippen molar-refractivity contribution < 1.29 is 5.11 Å². The van der Waals surface area contributed by atoms with Crippen molar-refractivity contribution in [3.05, 3.63) is 29.3 Å². The highest BCUT2D eigenvalue weighted by atomic mass is 16.3. The van der Waals surface area contributed by atoms with Crippen LogP contribution in [0.5, 0.6) is 5.75 Å². The lowest BCUT2D eigenvalue weighted by molar-refractivity contribution is -0.0117. The van der Waals surface area contributed by atoms with Crippen LogP contribution in [0.4, 0.5) is 0 Å². The number of hydrogen-bond donors (Lipinski definition) is 1. The molecule has 0 aromatic heterocycles. The lowest BCUT2D eigenvalue weighted by Crippen LogP contribution is -2.46. The zero-order valence-corrected chi connectivity index (χ0v) is 16.5. The van der Waals surface area contributed by atoms with Crippen molar-refractivity contribution >= 4 is 0 Å². The van der Waals surface area contributed by atoms with Gasteiger partial charge in [0.2, 0.25) is 0 Å². The third kappa shape index (κ3) is 2.24. The van der Waals surface area contributed by atoms with Crippen LogP contribution < -0.4 is 0 Å². The van der Waals surface area contributed by atoms with Crippen molar-refractivity contribution in [1.82, 2.24) is 0 Å². The molecule has 8 aliphatic carbocycles. The van der Waals surface area contributed by atoms with Crippen LogP contribution in [0.2, 0.25) is 0 Å². The molecule has 0 unspecified atom stereocenters. The average Bonchev–Trinajstić information content (AvgIpc) is 2.61. The van der Waals surface area contributed by atoms with Gasteiger partial charge >= 0.3 is 0 Å². The molecule has 0 saturated heterocycles. The van der Waals surface area contributed by atoms with Crippen molar-refractivity contribution in [3.8, 4) is 5.75 Å². The zero-order chi connectivity index (χ0) is 17.7. The van der Waals surface area contributed by atoms with E-state index in [4.69, 9.17) is 0 Å². The van der Waals surface area contributed by atoms with Crippen molar-refractivity contribution in [1.29, 1.82) is 0 Å². The normalized spacial score (nSPS) is 51.9. The van der Waals surface area contributed by atoms with E-state index in [9.17, 15) is 5.11 Å². The van der Waals surface area contributed by atoms with Gasteiger partial charge in [-0.1, -0.05) is 12.1 Å². The summed E-state index contributed by atoms with van der Waals surface area (Å²) < 4.78 is 0. The topological polar surface area (TPSA) is 20.2 Å². The molecule has 8 saturated carbocycles. The molecule has 144 valence electrons. The smallest absolute Gasteiger partial charge is 0.119 e. The third-order valence-electron chi connectivity index (χ3n) is 10.3. The third-order valence-corrected chi connectivity index (χ3v) is 10.3. The molecule has 1 aromatic rings. The van der Waals surface area contributed by atoms with E-state index in [0.717, 1.165) is 53.3 Å². The minimum Gasteiger partial charge on any atom is -0.508 e. The number of phenols is 1. The maximum Gasteiger partial charge on any atom is 0.119 e. The highest BCUT2D eigenvalue weighted by molar-refractivity contribution is 5.46. The Morgan fingerprint density at radius 1 is 0.556 bits per heavy atom. The summed E-state index contributed by atoms with van der Waals surface area (Å²) in [6.45, 7) is 0. The average molecular weight is 363 g/mol. The van der Waals surface area contributed by atoms with Crippen LogP contribution in [0.15, 0.2) is 18.2 Å². The number of aromatic hydroxyl groups is 1. The Hall–Kier alpha value is -0.980. The second kappa shape index (κ2) is 5.55. The quantitative estimate of drug-likeness (QED) is 0.639. The maximum absolute atomic E-state index is 11.1. The van der Waals surface area contributed by atoms with E-state index in [-0.39, 0.29) is 0 Å². The van der Waals surface area contributed by atoms with E-state index in [2.05, 4.69) is 12.1 Å². The molecule has 0 amide bonds. The molecule has 0 radical (unpaired) electrons. The Morgan fingerprint density at radius 3 is 1.48 bits per heavy atom. The summed E-state index contributed by atoms with van der Waals surface area (Å²) >= 11 is 0. The number of benzene rings is 1. The van der Waals surface area contributed by atoms with Crippen molar-refractivity contribution in [2.45, 2.75) is 76.0 Å². The van der Waals surface area contributed by atoms with E-state index in [1.807, 2.05) is 6.07 Å². The first kappa shape index (κ1) is 15.9. The number of rotatable bonds is 2. The fraction of sp³-hybridized carbons (Fsp3) is 0.769. The standard InChI is InChI=1S/C26H34O/c27-23-3-1-2-22(24-18-6-14-4-15(8-18)9-19(24)7-14)26(23)25-20-10-16-5-17(12-20)13-21(25)11-16/h1-3,14-21,24-25,27H,4-13H2. The Balaban J connectivity index is 1.32. The van der Waals surface area contributed by atoms with Crippen molar-refractivity contribution in [3.63, 3.8) is 0 Å². The monoisotopic (exact) mass is 362 g/mol. The molecule has 1 heteroatoms. The van der Waals surface area contributed by atoms with Crippen LogP contribution in [-0.2, 0) is 0 Å². The molecule has 8 bridgehead atoms. The molecule has 1 aromatic carbocycles. The molecule has 0 heterocycles. The van der Waals surface area contributed by atoms with Crippen LogP contribution in [-0.4, -0.2) is 5.11 Å². The lowest BCUT2D eigenvalue weighted by Gasteiger charge is -2.57. The van der Waals surface area contributed by atoms with Gasteiger partial charge < -0.3 is 5.11 Å². The van der Waals surface area contributed by atoms with Gasteiger partial charge in [0.15, 0.2) is 0 Å². The summed E-state index contributed by atoms with van der Waals surface area (Å²) in [7, 11) is 0. The maximum atomic E-state index is 11.1. The lowest BCUT2D eigenvalue weighted by atomic mass is 9.48. The van der Waals surface area contributed by atoms with E-state index in [1.54, 1.807) is 5.56 Å². The Labute approximate surface area is 163 Å². The first-order chi connectivity index (χ1) is 13.2. The summed E-state index contributed by atoms with van der Waals surface area (Å²) in [5.41, 5.74) is 3.06. The summed E-state index contributed by atoms with van der Waals surface area (Å²) in [5.74, 6) is 9.74. The summed E-state index contributed by atoms with van der Waals surface area (Å²) in [5, 5.41) is 11.1. The molecular weight excluding hydrogens is 328 g/mol. The van der Waals surface area contributed by atoms with Crippen LogP contribution in [0.3, 0.4) is 0 Å². The highest BCUT2D eigenvalue weighted by Crippen LogP contribution is 2.64. The predicted octanol–water partition coefficient (Wildman–Crippen LogP) is 6.47. The molecule has 1 N–H and O–H groups in total. The van der Waals surface area contributed by atoms with E-state index >= 15 is 0 Å². The molecule has 0 aliphatic heterocycles. The molecule has 0 spiro atoms. The predicted molar refractivity (Wildman–Crippen MR) is 108 cm³/mol. The van der Waals surface area contributed by atoms with E-state index < -0.39 is 0 Å². The largest absolute Gasteiger partial charge is 0.508 e. The van der Waals surface area contributed by atoms with Gasteiger partial charge in [-0.25, -0.2) is 0 Å². The van der Waals surface area contributed by atoms with Gasteiger partial charge in [0, 0.05) is 5.56 Å². The van der Waals surface area contributed by atoms with Gasteiger partial charge in [0.1, 0.15) is 5.75 Å². The molecule has 0 atom stereocenters. The van der Waals surface area contributed by atoms with Crippen LogP contribution in [0, 0.1) is 47.3 Å². The minimum atomic E-state index is 0.652. The first-order valence-corrected chi connectivity index (χ1v) is 12.0. The van der Waals surface area contributed by atoms with Crippen molar-refractivity contribution in [2.75, 3.05) is 0 Å². The Bertz CT molecular complexity index is 707. The summed E-state index contributed by atoms with van der Waals surface area (Å²) in [6.07, 6.45) is 14.8. The molecule has 27 heavy (non-hydrogen) atoms. The number of hydrogen-bond acceptors (Lipinski definition) is 1. The van der Waals surface area contributed by atoms with Crippen molar-refractivity contribution in [2.24, 2.45) is 47.3 Å². The summed E-state index contributed by atoms with van der Waals surface area (Å²) in [4.78, 5) is 0. The van der Waals surface area contributed by atoms with Crippen LogP contribution >= 0.6 is 0 Å². The van der Waals surface area contributed by atoms with Gasteiger partial charge in [-0.05, 0) is 135 Å².